The fourth-order valence-corrected chi connectivity index (χ4v) is 5.53. The average molecular weight is 385 g/mol. The van der Waals surface area contributed by atoms with Gasteiger partial charge in [0.05, 0.1) is 11.6 Å². The molecule has 0 radical (unpaired) electrons. The molecule has 1 aromatic heterocycles. The number of piperidine rings is 2. The Hall–Kier alpha value is -1.95. The average Bonchev–Trinajstić information content (AvgIpc) is 3.23. The molecule has 3 aliphatic heterocycles. The monoisotopic (exact) mass is 384 g/mol. The SMILES string of the molecule is Cc1ncccc1C(=O)N1CCC2(CCCN(C)C2C(=O)N2CCCC2)CC1. The van der Waals surface area contributed by atoms with E-state index in [4.69, 9.17) is 0 Å². The van der Waals surface area contributed by atoms with E-state index in [2.05, 4.69) is 21.8 Å². The van der Waals surface area contributed by atoms with E-state index in [0.29, 0.717) is 11.5 Å². The van der Waals surface area contributed by atoms with Gasteiger partial charge in [0.1, 0.15) is 0 Å². The minimum Gasteiger partial charge on any atom is -0.341 e. The van der Waals surface area contributed by atoms with Crippen LogP contribution in [0.25, 0.3) is 0 Å². The van der Waals surface area contributed by atoms with Gasteiger partial charge < -0.3 is 9.80 Å². The third-order valence-corrected chi connectivity index (χ3v) is 7.14. The second-order valence-electron chi connectivity index (χ2n) is 8.81. The zero-order valence-electron chi connectivity index (χ0n) is 17.2. The second kappa shape index (κ2) is 7.82. The summed E-state index contributed by atoms with van der Waals surface area (Å²) >= 11 is 0. The lowest BCUT2D eigenvalue weighted by Crippen LogP contribution is -2.61. The third kappa shape index (κ3) is 3.43. The summed E-state index contributed by atoms with van der Waals surface area (Å²) in [5.41, 5.74) is 1.49. The van der Waals surface area contributed by atoms with E-state index in [-0.39, 0.29) is 17.4 Å². The third-order valence-electron chi connectivity index (χ3n) is 7.14. The van der Waals surface area contributed by atoms with Gasteiger partial charge in [0.15, 0.2) is 0 Å². The number of carbonyl (C=O) groups excluding carboxylic acids is 2. The fourth-order valence-electron chi connectivity index (χ4n) is 5.53. The Kier molecular flexibility index (Phi) is 5.41. The molecule has 1 aromatic rings. The number of aryl methyl sites for hydroxylation is 1. The first-order chi connectivity index (χ1) is 13.5. The molecule has 6 heteroatoms. The van der Waals surface area contributed by atoms with Crippen molar-refractivity contribution in [3.05, 3.63) is 29.6 Å². The van der Waals surface area contributed by atoms with Crippen molar-refractivity contribution in [2.24, 2.45) is 5.41 Å². The number of hydrogen-bond acceptors (Lipinski definition) is 4. The molecule has 1 atom stereocenters. The van der Waals surface area contributed by atoms with Crippen molar-refractivity contribution in [2.45, 2.75) is 51.5 Å². The zero-order valence-corrected chi connectivity index (χ0v) is 17.2. The van der Waals surface area contributed by atoms with Gasteiger partial charge in [0, 0.05) is 38.1 Å². The minimum atomic E-state index is -0.0308. The maximum atomic E-state index is 13.4. The van der Waals surface area contributed by atoms with Crippen molar-refractivity contribution in [3.8, 4) is 0 Å². The molecule has 1 spiro atoms. The summed E-state index contributed by atoms with van der Waals surface area (Å²) in [5.74, 6) is 0.398. The molecule has 3 saturated heterocycles. The lowest BCUT2D eigenvalue weighted by molar-refractivity contribution is -0.145. The van der Waals surface area contributed by atoms with E-state index in [1.54, 1.807) is 6.20 Å². The van der Waals surface area contributed by atoms with Crippen LogP contribution >= 0.6 is 0 Å². The van der Waals surface area contributed by atoms with Gasteiger partial charge in [-0.2, -0.15) is 0 Å². The van der Waals surface area contributed by atoms with Crippen LogP contribution in [-0.4, -0.2) is 77.3 Å². The van der Waals surface area contributed by atoms with Gasteiger partial charge in [-0.1, -0.05) is 0 Å². The van der Waals surface area contributed by atoms with Crippen LogP contribution in [-0.2, 0) is 4.79 Å². The molecule has 0 aliphatic carbocycles. The predicted octanol–water partition coefficient (Wildman–Crippen LogP) is 2.33. The first-order valence-electron chi connectivity index (χ1n) is 10.7. The second-order valence-corrected chi connectivity index (χ2v) is 8.81. The normalized spacial score (nSPS) is 25.3. The summed E-state index contributed by atoms with van der Waals surface area (Å²) in [4.78, 5) is 36.9. The van der Waals surface area contributed by atoms with Crippen LogP contribution in [0.5, 0.6) is 0 Å². The fraction of sp³-hybridized carbons (Fsp3) is 0.682. The van der Waals surface area contributed by atoms with Crippen LogP contribution in [0.3, 0.4) is 0 Å². The Bertz CT molecular complexity index is 736. The summed E-state index contributed by atoms with van der Waals surface area (Å²) in [5, 5.41) is 0. The van der Waals surface area contributed by atoms with Crippen molar-refractivity contribution in [1.82, 2.24) is 19.7 Å². The molecule has 0 saturated carbocycles. The molecular formula is C22H32N4O2. The smallest absolute Gasteiger partial charge is 0.255 e. The first kappa shape index (κ1) is 19.4. The van der Waals surface area contributed by atoms with Gasteiger partial charge in [0.2, 0.25) is 5.91 Å². The van der Waals surface area contributed by atoms with Crippen LogP contribution in [0.1, 0.15) is 54.6 Å². The Morgan fingerprint density at radius 2 is 1.71 bits per heavy atom. The highest BCUT2D eigenvalue weighted by Crippen LogP contribution is 2.45. The Balaban J connectivity index is 1.50. The predicted molar refractivity (Wildman–Crippen MR) is 108 cm³/mol. The molecule has 152 valence electrons. The van der Waals surface area contributed by atoms with Crippen LogP contribution in [0.4, 0.5) is 0 Å². The molecule has 3 aliphatic rings. The van der Waals surface area contributed by atoms with Crippen molar-refractivity contribution in [2.75, 3.05) is 39.8 Å². The number of aromatic nitrogens is 1. The lowest BCUT2D eigenvalue weighted by Gasteiger charge is -2.52. The Labute approximate surface area is 167 Å². The molecule has 4 rings (SSSR count). The van der Waals surface area contributed by atoms with Crippen LogP contribution < -0.4 is 0 Å². The van der Waals surface area contributed by atoms with Gasteiger partial charge in [-0.3, -0.25) is 19.5 Å². The summed E-state index contributed by atoms with van der Waals surface area (Å²) in [6.45, 7) is 6.15. The highest BCUT2D eigenvalue weighted by molar-refractivity contribution is 5.95. The molecule has 0 N–H and O–H groups in total. The van der Waals surface area contributed by atoms with Crippen LogP contribution in [0.2, 0.25) is 0 Å². The summed E-state index contributed by atoms with van der Waals surface area (Å²) in [6.07, 6.45) is 8.03. The Morgan fingerprint density at radius 1 is 1.00 bits per heavy atom. The van der Waals surface area contributed by atoms with Gasteiger partial charge in [-0.05, 0) is 76.6 Å². The largest absolute Gasteiger partial charge is 0.341 e. The van der Waals surface area contributed by atoms with E-state index in [1.807, 2.05) is 24.0 Å². The van der Waals surface area contributed by atoms with Crippen LogP contribution in [0.15, 0.2) is 18.3 Å². The number of nitrogens with zero attached hydrogens (tertiary/aromatic N) is 4. The number of likely N-dealkylation sites (tertiary alicyclic amines) is 3. The van der Waals surface area contributed by atoms with Gasteiger partial charge >= 0.3 is 0 Å². The van der Waals surface area contributed by atoms with E-state index in [9.17, 15) is 9.59 Å². The molecule has 0 bridgehead atoms. The van der Waals surface area contributed by atoms with Gasteiger partial charge in [-0.25, -0.2) is 0 Å². The molecule has 1 unspecified atom stereocenters. The van der Waals surface area contributed by atoms with Gasteiger partial charge in [-0.15, -0.1) is 0 Å². The van der Waals surface area contributed by atoms with Crippen molar-refractivity contribution < 1.29 is 9.59 Å². The van der Waals surface area contributed by atoms with E-state index in [1.165, 1.54) is 0 Å². The number of carbonyl (C=O) groups is 2. The summed E-state index contributed by atoms with van der Waals surface area (Å²) in [6, 6.07) is 3.66. The highest BCUT2D eigenvalue weighted by Gasteiger charge is 2.50. The highest BCUT2D eigenvalue weighted by atomic mass is 16.2. The van der Waals surface area contributed by atoms with Crippen LogP contribution in [0, 0.1) is 12.3 Å². The first-order valence-corrected chi connectivity index (χ1v) is 10.7. The maximum Gasteiger partial charge on any atom is 0.255 e. The molecule has 3 fully saturated rings. The lowest BCUT2D eigenvalue weighted by atomic mass is 9.66. The molecule has 4 heterocycles. The molecule has 0 aromatic carbocycles. The van der Waals surface area contributed by atoms with Gasteiger partial charge in [0.25, 0.3) is 5.91 Å². The number of hydrogen-bond donors (Lipinski definition) is 0. The number of likely N-dealkylation sites (N-methyl/N-ethyl adjacent to an activating group) is 1. The Morgan fingerprint density at radius 3 is 2.39 bits per heavy atom. The zero-order chi connectivity index (χ0) is 19.7. The van der Waals surface area contributed by atoms with Crippen molar-refractivity contribution in [3.63, 3.8) is 0 Å². The summed E-state index contributed by atoms with van der Waals surface area (Å²) in [7, 11) is 2.11. The molecule has 6 nitrogen and oxygen atoms in total. The molecule has 28 heavy (non-hydrogen) atoms. The quantitative estimate of drug-likeness (QED) is 0.785. The van der Waals surface area contributed by atoms with Crippen molar-refractivity contribution in [1.29, 1.82) is 0 Å². The summed E-state index contributed by atoms with van der Waals surface area (Å²) < 4.78 is 0. The number of amides is 2. The van der Waals surface area contributed by atoms with E-state index >= 15 is 0 Å². The molecule has 2 amide bonds. The maximum absolute atomic E-state index is 13.4. The molecular weight excluding hydrogens is 352 g/mol. The topological polar surface area (TPSA) is 56.8 Å². The van der Waals surface area contributed by atoms with E-state index in [0.717, 1.165) is 76.9 Å². The van der Waals surface area contributed by atoms with Crippen molar-refractivity contribution >= 4 is 11.8 Å². The number of rotatable bonds is 2. The van der Waals surface area contributed by atoms with E-state index < -0.39 is 0 Å². The standard InChI is InChI=1S/C22H32N4O2/c1-17-18(7-5-11-23-17)20(27)26-15-9-22(10-16-26)8-6-12-24(2)19(22)21(28)25-13-3-4-14-25/h5,7,11,19H,3-4,6,8-10,12-16H2,1-2H3. The number of pyridine rings is 1. The minimum absolute atomic E-state index is 0.00738.